The highest BCUT2D eigenvalue weighted by Crippen LogP contribution is 2.25. The minimum Gasteiger partial charge on any atom is -0.481 e. The van der Waals surface area contributed by atoms with Crippen LogP contribution in [0, 0.1) is 0 Å². The Balaban J connectivity index is 1.67. The zero-order valence-electron chi connectivity index (χ0n) is 16.7. The predicted octanol–water partition coefficient (Wildman–Crippen LogP) is 3.41. The highest BCUT2D eigenvalue weighted by Gasteiger charge is 2.14. The Hall–Kier alpha value is -3.68. The normalized spacial score (nSPS) is 11.2. The fourth-order valence-corrected chi connectivity index (χ4v) is 3.05. The van der Waals surface area contributed by atoms with Crippen molar-refractivity contribution in [3.8, 4) is 28.9 Å². The van der Waals surface area contributed by atoms with E-state index in [1.807, 2.05) is 38.1 Å². The molecule has 3 aromatic heterocycles. The fraction of sp³-hybridized carbons (Fsp3) is 0.238. The number of imidazole rings is 1. The molecule has 0 spiro atoms. The maximum absolute atomic E-state index is 12.7. The molecule has 0 saturated carbocycles. The summed E-state index contributed by atoms with van der Waals surface area (Å²) in [7, 11) is 3.24. The third kappa shape index (κ3) is 3.44. The lowest BCUT2D eigenvalue weighted by Gasteiger charge is -2.12. The summed E-state index contributed by atoms with van der Waals surface area (Å²) in [5.74, 6) is 3.07. The average Bonchev–Trinajstić information content (AvgIpc) is 3.16. The van der Waals surface area contributed by atoms with Crippen LogP contribution >= 0.6 is 0 Å². The van der Waals surface area contributed by atoms with Crippen LogP contribution in [0.25, 0.3) is 16.9 Å². The van der Waals surface area contributed by atoms with E-state index in [4.69, 9.17) is 9.47 Å². The SMILES string of the molecule is COc1ccnc(-c2ccc(Oc3cn4c(C(C)C)ncc4c(=O)n3C)cc2)n1. The Morgan fingerprint density at radius 2 is 1.83 bits per heavy atom. The van der Waals surface area contributed by atoms with Gasteiger partial charge in [-0.15, -0.1) is 0 Å². The molecule has 148 valence electrons. The van der Waals surface area contributed by atoms with Gasteiger partial charge >= 0.3 is 0 Å². The van der Waals surface area contributed by atoms with Gasteiger partial charge in [0, 0.05) is 30.8 Å². The number of aromatic nitrogens is 5. The van der Waals surface area contributed by atoms with Crippen LogP contribution in [0.15, 0.2) is 53.7 Å². The Morgan fingerprint density at radius 1 is 1.07 bits per heavy atom. The standard InChI is InChI=1S/C21H21N5O3/c1-13(2)20-23-11-16-21(27)25(3)18(12-26(16)20)29-15-7-5-14(6-8-15)19-22-10-9-17(24-19)28-4/h5-13H,1-4H3. The van der Waals surface area contributed by atoms with Crippen LogP contribution in [-0.4, -0.2) is 31.0 Å². The predicted molar refractivity (Wildman–Crippen MR) is 109 cm³/mol. The fourth-order valence-electron chi connectivity index (χ4n) is 3.05. The second-order valence-corrected chi connectivity index (χ2v) is 6.91. The number of hydrogen-bond donors (Lipinski definition) is 0. The van der Waals surface area contributed by atoms with E-state index in [-0.39, 0.29) is 11.5 Å². The number of ether oxygens (including phenoxy) is 2. The summed E-state index contributed by atoms with van der Waals surface area (Å²) in [6.07, 6.45) is 5.04. The highest BCUT2D eigenvalue weighted by molar-refractivity contribution is 5.56. The van der Waals surface area contributed by atoms with Crippen LogP contribution in [0.3, 0.4) is 0 Å². The molecule has 0 fully saturated rings. The third-order valence-electron chi connectivity index (χ3n) is 4.61. The molecule has 0 amide bonds. The zero-order valence-corrected chi connectivity index (χ0v) is 16.7. The van der Waals surface area contributed by atoms with Gasteiger partial charge in [-0.1, -0.05) is 13.8 Å². The first kappa shape index (κ1) is 18.7. The minimum absolute atomic E-state index is 0.164. The van der Waals surface area contributed by atoms with E-state index in [0.717, 1.165) is 11.4 Å². The van der Waals surface area contributed by atoms with E-state index in [0.29, 0.717) is 28.9 Å². The number of nitrogens with zero attached hydrogens (tertiary/aromatic N) is 5. The summed E-state index contributed by atoms with van der Waals surface area (Å²) in [4.78, 5) is 25.6. The molecule has 0 saturated heterocycles. The van der Waals surface area contributed by atoms with E-state index >= 15 is 0 Å². The van der Waals surface area contributed by atoms with Gasteiger partial charge in [0.2, 0.25) is 11.8 Å². The van der Waals surface area contributed by atoms with Gasteiger partial charge in [-0.25, -0.2) is 9.97 Å². The van der Waals surface area contributed by atoms with Gasteiger partial charge in [-0.05, 0) is 24.3 Å². The molecule has 0 aliphatic rings. The highest BCUT2D eigenvalue weighted by atomic mass is 16.5. The van der Waals surface area contributed by atoms with Crippen LogP contribution in [0.2, 0.25) is 0 Å². The molecular weight excluding hydrogens is 370 g/mol. The van der Waals surface area contributed by atoms with Crippen molar-refractivity contribution in [1.82, 2.24) is 23.9 Å². The largest absolute Gasteiger partial charge is 0.481 e. The lowest BCUT2D eigenvalue weighted by molar-refractivity contribution is 0.397. The second-order valence-electron chi connectivity index (χ2n) is 6.91. The molecule has 4 rings (SSSR count). The molecule has 1 aromatic carbocycles. The maximum Gasteiger partial charge on any atom is 0.279 e. The van der Waals surface area contributed by atoms with E-state index in [2.05, 4.69) is 15.0 Å². The van der Waals surface area contributed by atoms with Crippen molar-refractivity contribution in [3.05, 3.63) is 65.1 Å². The van der Waals surface area contributed by atoms with Crippen molar-refractivity contribution in [2.45, 2.75) is 19.8 Å². The molecule has 29 heavy (non-hydrogen) atoms. The van der Waals surface area contributed by atoms with Crippen molar-refractivity contribution in [3.63, 3.8) is 0 Å². The van der Waals surface area contributed by atoms with Crippen molar-refractivity contribution < 1.29 is 9.47 Å². The van der Waals surface area contributed by atoms with Gasteiger partial charge in [0.15, 0.2) is 5.82 Å². The van der Waals surface area contributed by atoms with Crippen molar-refractivity contribution >= 4 is 5.52 Å². The Bertz CT molecular complexity index is 1230. The second kappa shape index (κ2) is 7.38. The number of fused-ring (bicyclic) bond motifs is 1. The van der Waals surface area contributed by atoms with E-state index < -0.39 is 0 Å². The van der Waals surface area contributed by atoms with Gasteiger partial charge in [0.1, 0.15) is 17.1 Å². The average molecular weight is 391 g/mol. The molecule has 0 unspecified atom stereocenters. The van der Waals surface area contributed by atoms with Crippen molar-refractivity contribution in [2.24, 2.45) is 7.05 Å². The van der Waals surface area contributed by atoms with Crippen LogP contribution in [0.1, 0.15) is 25.6 Å². The summed E-state index contributed by atoms with van der Waals surface area (Å²) < 4.78 is 14.4. The first-order valence-corrected chi connectivity index (χ1v) is 9.20. The number of hydrogen-bond acceptors (Lipinski definition) is 6. The quantitative estimate of drug-likeness (QED) is 0.518. The van der Waals surface area contributed by atoms with Crippen LogP contribution in [0.5, 0.6) is 17.5 Å². The van der Waals surface area contributed by atoms with Gasteiger partial charge in [0.25, 0.3) is 5.56 Å². The van der Waals surface area contributed by atoms with Crippen LogP contribution < -0.4 is 15.0 Å². The summed E-state index contributed by atoms with van der Waals surface area (Å²) in [6.45, 7) is 4.07. The van der Waals surface area contributed by atoms with Crippen molar-refractivity contribution in [1.29, 1.82) is 0 Å². The molecule has 0 bridgehead atoms. The molecule has 4 aromatic rings. The summed E-state index contributed by atoms with van der Waals surface area (Å²) in [5, 5.41) is 0. The Kier molecular flexibility index (Phi) is 4.75. The first-order valence-electron chi connectivity index (χ1n) is 9.20. The van der Waals surface area contributed by atoms with Gasteiger partial charge in [0.05, 0.1) is 19.5 Å². The third-order valence-corrected chi connectivity index (χ3v) is 4.61. The lowest BCUT2D eigenvalue weighted by atomic mass is 10.2. The van der Waals surface area contributed by atoms with E-state index in [1.54, 1.807) is 43.2 Å². The Morgan fingerprint density at radius 3 is 2.52 bits per heavy atom. The number of rotatable bonds is 5. The van der Waals surface area contributed by atoms with Gasteiger partial charge in [-0.2, -0.15) is 4.98 Å². The Labute approximate surface area is 167 Å². The first-order chi connectivity index (χ1) is 14.0. The molecule has 0 atom stereocenters. The number of methoxy groups -OCH3 is 1. The van der Waals surface area contributed by atoms with Crippen molar-refractivity contribution in [2.75, 3.05) is 7.11 Å². The molecule has 0 aliphatic heterocycles. The topological polar surface area (TPSA) is 83.5 Å². The smallest absolute Gasteiger partial charge is 0.279 e. The summed E-state index contributed by atoms with van der Waals surface area (Å²) >= 11 is 0. The summed E-state index contributed by atoms with van der Waals surface area (Å²) in [6, 6.07) is 9.03. The molecular formula is C21H21N5O3. The number of benzene rings is 1. The lowest BCUT2D eigenvalue weighted by Crippen LogP contribution is -2.20. The molecule has 0 N–H and O–H groups in total. The molecule has 3 heterocycles. The zero-order chi connectivity index (χ0) is 20.5. The maximum atomic E-state index is 12.7. The van der Waals surface area contributed by atoms with Crippen LogP contribution in [-0.2, 0) is 7.05 Å². The van der Waals surface area contributed by atoms with E-state index in [1.165, 1.54) is 4.57 Å². The van der Waals surface area contributed by atoms with Gasteiger partial charge < -0.3 is 9.47 Å². The molecule has 8 heteroatoms. The van der Waals surface area contributed by atoms with Gasteiger partial charge in [-0.3, -0.25) is 13.8 Å². The molecule has 8 nitrogen and oxygen atoms in total. The molecule has 0 aliphatic carbocycles. The minimum atomic E-state index is -0.164. The monoisotopic (exact) mass is 391 g/mol. The van der Waals surface area contributed by atoms with Crippen LogP contribution in [0.4, 0.5) is 0 Å². The summed E-state index contributed by atoms with van der Waals surface area (Å²) in [5.41, 5.74) is 1.19. The molecule has 0 radical (unpaired) electrons. The van der Waals surface area contributed by atoms with E-state index in [9.17, 15) is 4.79 Å².